The van der Waals surface area contributed by atoms with Crippen molar-refractivity contribution < 1.29 is 14.3 Å². The first-order chi connectivity index (χ1) is 14.5. The van der Waals surface area contributed by atoms with E-state index in [1.165, 1.54) is 17.8 Å². The van der Waals surface area contributed by atoms with Crippen LogP contribution in [0.2, 0.25) is 5.02 Å². The second kappa shape index (κ2) is 8.57. The minimum Gasteiger partial charge on any atom is -0.481 e. The second-order valence-corrected chi connectivity index (χ2v) is 8.34. The van der Waals surface area contributed by atoms with Gasteiger partial charge in [0.1, 0.15) is 11.9 Å². The highest BCUT2D eigenvalue weighted by molar-refractivity contribution is 7.99. The van der Waals surface area contributed by atoms with Gasteiger partial charge < -0.3 is 5.11 Å². The number of thioether (sulfide) groups is 1. The van der Waals surface area contributed by atoms with Gasteiger partial charge in [-0.2, -0.15) is 0 Å². The summed E-state index contributed by atoms with van der Waals surface area (Å²) in [6.07, 6.45) is 0.114. The number of nitrogens with zero attached hydrogens (tertiary/aromatic N) is 4. The zero-order valence-electron chi connectivity index (χ0n) is 16.0. The molecule has 0 amide bonds. The van der Waals surface area contributed by atoms with Gasteiger partial charge in [0.05, 0.1) is 11.4 Å². The third kappa shape index (κ3) is 3.85. The zero-order chi connectivity index (χ0) is 21.3. The monoisotopic (exact) mass is 444 g/mol. The predicted molar refractivity (Wildman–Crippen MR) is 114 cm³/mol. The van der Waals surface area contributed by atoms with Gasteiger partial charge in [-0.25, -0.2) is 4.39 Å². The summed E-state index contributed by atoms with van der Waals surface area (Å²) in [5.74, 6) is -0.0410. The maximum atomic E-state index is 14.8. The maximum absolute atomic E-state index is 14.8. The predicted octanol–water partition coefficient (Wildman–Crippen LogP) is 4.93. The van der Waals surface area contributed by atoms with E-state index in [-0.39, 0.29) is 12.8 Å². The molecule has 154 valence electrons. The number of benzene rings is 2. The lowest BCUT2D eigenvalue weighted by Gasteiger charge is -2.14. The third-order valence-corrected chi connectivity index (χ3v) is 5.78. The molecule has 0 saturated heterocycles. The summed E-state index contributed by atoms with van der Waals surface area (Å²) in [5, 5.41) is 19.0. The number of carboxylic acid groups (broad SMARTS) is 1. The summed E-state index contributed by atoms with van der Waals surface area (Å²) in [4.78, 5) is 16.0. The molecule has 9 heteroatoms. The fourth-order valence-corrected chi connectivity index (χ4v) is 4.29. The van der Waals surface area contributed by atoms with Crippen LogP contribution in [0.15, 0.2) is 52.6 Å². The van der Waals surface area contributed by atoms with Crippen molar-refractivity contribution in [3.63, 3.8) is 0 Å². The van der Waals surface area contributed by atoms with Crippen LogP contribution in [0.1, 0.15) is 42.8 Å². The average molecular weight is 445 g/mol. The Morgan fingerprint density at radius 1 is 1.23 bits per heavy atom. The molecule has 1 aliphatic heterocycles. The van der Waals surface area contributed by atoms with Crippen molar-refractivity contribution in [3.8, 4) is 5.69 Å². The van der Waals surface area contributed by atoms with Gasteiger partial charge >= 0.3 is 5.97 Å². The number of rotatable bonds is 6. The molecule has 2 heterocycles. The number of aliphatic carboxylic acids is 1. The normalized spacial score (nSPS) is 15.2. The third-order valence-electron chi connectivity index (χ3n) is 4.73. The van der Waals surface area contributed by atoms with E-state index in [1.807, 2.05) is 17.6 Å². The highest BCUT2D eigenvalue weighted by atomic mass is 35.5. The van der Waals surface area contributed by atoms with Crippen LogP contribution in [0, 0.1) is 5.82 Å². The van der Waals surface area contributed by atoms with Crippen LogP contribution < -0.4 is 0 Å². The van der Waals surface area contributed by atoms with Gasteiger partial charge in [0.2, 0.25) is 0 Å². The van der Waals surface area contributed by atoms with E-state index >= 15 is 0 Å². The fraction of sp³-hybridized carbons (Fsp3) is 0.238. The van der Waals surface area contributed by atoms with Gasteiger partial charge in [-0.15, -0.1) is 10.2 Å². The van der Waals surface area contributed by atoms with Gasteiger partial charge in [-0.05, 0) is 42.5 Å². The summed E-state index contributed by atoms with van der Waals surface area (Å²) < 4.78 is 16.6. The van der Waals surface area contributed by atoms with E-state index in [2.05, 4.69) is 10.2 Å². The van der Waals surface area contributed by atoms with E-state index < -0.39 is 17.8 Å². The van der Waals surface area contributed by atoms with Crippen LogP contribution in [0.25, 0.3) is 5.69 Å². The molecule has 1 atom stereocenters. The Morgan fingerprint density at radius 3 is 2.77 bits per heavy atom. The van der Waals surface area contributed by atoms with Crippen molar-refractivity contribution in [3.05, 3.63) is 70.3 Å². The number of carboxylic acids is 1. The van der Waals surface area contributed by atoms with Crippen molar-refractivity contribution in [2.24, 2.45) is 4.99 Å². The van der Waals surface area contributed by atoms with Gasteiger partial charge in [0.25, 0.3) is 0 Å². The van der Waals surface area contributed by atoms with Crippen LogP contribution in [0.5, 0.6) is 0 Å². The van der Waals surface area contributed by atoms with Gasteiger partial charge in [0, 0.05) is 22.6 Å². The molecule has 2 aromatic carbocycles. The maximum Gasteiger partial charge on any atom is 0.303 e. The molecule has 1 N–H and O–H groups in total. The van der Waals surface area contributed by atoms with E-state index in [0.717, 1.165) is 11.4 Å². The van der Waals surface area contributed by atoms with Crippen molar-refractivity contribution in [1.82, 2.24) is 14.8 Å². The minimum absolute atomic E-state index is 0.0983. The summed E-state index contributed by atoms with van der Waals surface area (Å²) in [5.41, 5.74) is 2.11. The van der Waals surface area contributed by atoms with E-state index in [9.17, 15) is 14.3 Å². The Morgan fingerprint density at radius 2 is 2.03 bits per heavy atom. The average Bonchev–Trinajstić information content (AvgIpc) is 3.07. The molecule has 0 unspecified atom stereocenters. The highest BCUT2D eigenvalue weighted by Gasteiger charge is 2.30. The van der Waals surface area contributed by atoms with Crippen LogP contribution in [-0.2, 0) is 4.79 Å². The van der Waals surface area contributed by atoms with Crippen LogP contribution in [-0.4, -0.2) is 37.3 Å². The lowest BCUT2D eigenvalue weighted by Crippen LogP contribution is -2.09. The van der Waals surface area contributed by atoms with Crippen molar-refractivity contribution in [2.75, 3.05) is 5.75 Å². The minimum atomic E-state index is -0.934. The molecule has 1 aromatic heterocycles. The number of fused-ring (bicyclic) bond motifs is 3. The first-order valence-electron chi connectivity index (χ1n) is 9.42. The molecule has 0 radical (unpaired) electrons. The lowest BCUT2D eigenvalue weighted by atomic mass is 10.00. The smallest absolute Gasteiger partial charge is 0.303 e. The molecule has 3 aromatic rings. The molecular weight excluding hydrogens is 427 g/mol. The molecule has 0 spiro atoms. The fourth-order valence-electron chi connectivity index (χ4n) is 3.44. The quantitative estimate of drug-likeness (QED) is 0.545. The molecule has 0 aliphatic carbocycles. The van der Waals surface area contributed by atoms with Crippen molar-refractivity contribution in [2.45, 2.75) is 31.0 Å². The first-order valence-corrected chi connectivity index (χ1v) is 10.8. The molecule has 0 saturated carbocycles. The zero-order valence-corrected chi connectivity index (χ0v) is 17.6. The number of aliphatic imine (C=N–C) groups is 1. The molecule has 1 aliphatic rings. The number of hydrogen-bond acceptors (Lipinski definition) is 5. The highest BCUT2D eigenvalue weighted by Crippen LogP contribution is 2.36. The SMILES string of the molecule is CCSc1nnc2n1-c1ccc(Cl)cc1C(c1ccccc1F)=N[C@H]2CCC(=O)O. The number of halogens is 2. The summed E-state index contributed by atoms with van der Waals surface area (Å²) >= 11 is 7.81. The summed E-state index contributed by atoms with van der Waals surface area (Å²) in [6.45, 7) is 2.01. The molecule has 6 nitrogen and oxygen atoms in total. The van der Waals surface area contributed by atoms with E-state index in [1.54, 1.807) is 30.3 Å². The topological polar surface area (TPSA) is 80.4 Å². The molecule has 30 heavy (non-hydrogen) atoms. The van der Waals surface area contributed by atoms with Crippen LogP contribution in [0.3, 0.4) is 0 Å². The Balaban J connectivity index is 1.99. The first kappa shape index (κ1) is 20.6. The Labute approximate surface area is 181 Å². The standard InChI is InChI=1S/C21H18ClFN4O2S/c1-2-30-21-26-25-20-16(8-10-18(28)29)24-19(13-5-3-4-6-15(13)23)14-11-12(22)7-9-17(14)27(20)21/h3-7,9,11,16H,2,8,10H2,1H3,(H,28,29)/t16-/m0/s1. The molecular formula is C21H18ClFN4O2S. The summed E-state index contributed by atoms with van der Waals surface area (Å²) in [7, 11) is 0. The number of aromatic nitrogens is 3. The van der Waals surface area contributed by atoms with Gasteiger partial charge in [-0.1, -0.05) is 42.4 Å². The van der Waals surface area contributed by atoms with Gasteiger partial charge in [-0.3, -0.25) is 14.4 Å². The Hall–Kier alpha value is -2.71. The molecule has 4 rings (SSSR count). The lowest BCUT2D eigenvalue weighted by molar-refractivity contribution is -0.137. The molecule has 0 fully saturated rings. The second-order valence-electron chi connectivity index (χ2n) is 6.68. The number of carbonyl (C=O) groups is 1. The van der Waals surface area contributed by atoms with E-state index in [0.29, 0.717) is 32.8 Å². The van der Waals surface area contributed by atoms with Crippen LogP contribution >= 0.6 is 23.4 Å². The van der Waals surface area contributed by atoms with Crippen molar-refractivity contribution >= 4 is 35.0 Å². The van der Waals surface area contributed by atoms with E-state index in [4.69, 9.17) is 16.6 Å². The van der Waals surface area contributed by atoms with Gasteiger partial charge in [0.15, 0.2) is 11.0 Å². The number of hydrogen-bond donors (Lipinski definition) is 1. The Kier molecular flexibility index (Phi) is 5.87. The van der Waals surface area contributed by atoms with Crippen LogP contribution in [0.4, 0.5) is 4.39 Å². The van der Waals surface area contributed by atoms with Crippen molar-refractivity contribution in [1.29, 1.82) is 0 Å². The Bertz CT molecular complexity index is 1150. The molecule has 0 bridgehead atoms. The summed E-state index contributed by atoms with van der Waals surface area (Å²) in [6, 6.07) is 11.1. The largest absolute Gasteiger partial charge is 0.481 e.